The van der Waals surface area contributed by atoms with Gasteiger partial charge in [0, 0.05) is 12.8 Å². The lowest BCUT2D eigenvalue weighted by molar-refractivity contribution is -0.161. The number of carbonyl (C=O) groups is 3. The Morgan fingerprint density at radius 1 is 0.604 bits per heavy atom. The molecular weight excluding hydrogens is 697 g/mol. The van der Waals surface area contributed by atoms with E-state index in [4.69, 9.17) is 24.8 Å². The minimum atomic E-state index is -4.73. The second kappa shape index (κ2) is 35.9. The van der Waals surface area contributed by atoms with Gasteiger partial charge in [0.05, 0.1) is 13.2 Å². The van der Waals surface area contributed by atoms with Gasteiger partial charge >= 0.3 is 25.7 Å². The molecule has 0 spiro atoms. The van der Waals surface area contributed by atoms with Crippen molar-refractivity contribution in [2.75, 3.05) is 19.8 Å². The number of unbranched alkanes of at least 4 members (excludes halogenated alkanes) is 9. The molecule has 0 saturated heterocycles. The van der Waals surface area contributed by atoms with Gasteiger partial charge in [0.2, 0.25) is 0 Å². The van der Waals surface area contributed by atoms with Gasteiger partial charge in [-0.1, -0.05) is 145 Å². The Labute approximate surface area is 319 Å². The summed E-state index contributed by atoms with van der Waals surface area (Å²) in [6, 6.07) is -1.53. The summed E-state index contributed by atoms with van der Waals surface area (Å²) in [7, 11) is -4.73. The molecule has 0 saturated carbocycles. The lowest BCUT2D eigenvalue weighted by atomic mass is 10.1. The van der Waals surface area contributed by atoms with E-state index in [-0.39, 0.29) is 19.4 Å². The molecule has 0 aliphatic carbocycles. The van der Waals surface area contributed by atoms with E-state index in [1.807, 2.05) is 18.2 Å². The van der Waals surface area contributed by atoms with Crippen molar-refractivity contribution in [1.82, 2.24) is 0 Å². The van der Waals surface area contributed by atoms with Gasteiger partial charge in [0.25, 0.3) is 0 Å². The van der Waals surface area contributed by atoms with Crippen LogP contribution in [-0.4, -0.2) is 59.9 Å². The molecule has 0 aromatic rings. The van der Waals surface area contributed by atoms with Gasteiger partial charge in [-0.05, 0) is 51.4 Å². The molecule has 0 aliphatic rings. The zero-order valence-electron chi connectivity index (χ0n) is 32.3. The van der Waals surface area contributed by atoms with Crippen LogP contribution in [0, 0.1) is 0 Å². The van der Waals surface area contributed by atoms with Crippen molar-refractivity contribution in [3.8, 4) is 0 Å². The summed E-state index contributed by atoms with van der Waals surface area (Å²) in [5.74, 6) is -2.50. The van der Waals surface area contributed by atoms with E-state index in [0.717, 1.165) is 51.4 Å². The van der Waals surface area contributed by atoms with Crippen molar-refractivity contribution in [2.24, 2.45) is 5.73 Å². The molecule has 12 heteroatoms. The number of carboxylic acid groups (broad SMARTS) is 1. The van der Waals surface area contributed by atoms with Crippen LogP contribution in [0.1, 0.15) is 136 Å². The lowest BCUT2D eigenvalue weighted by Gasteiger charge is -2.20. The number of phosphoric acid groups is 1. The lowest BCUT2D eigenvalue weighted by Crippen LogP contribution is -2.34. The summed E-state index contributed by atoms with van der Waals surface area (Å²) in [6.07, 6.45) is 41.4. The van der Waals surface area contributed by atoms with Crippen molar-refractivity contribution >= 4 is 25.7 Å². The predicted molar refractivity (Wildman–Crippen MR) is 212 cm³/mol. The van der Waals surface area contributed by atoms with Crippen LogP contribution in [0.4, 0.5) is 0 Å². The molecule has 0 fully saturated rings. The van der Waals surface area contributed by atoms with Gasteiger partial charge in [-0.3, -0.25) is 23.4 Å². The fourth-order valence-corrected chi connectivity index (χ4v) is 5.46. The fourth-order valence-electron chi connectivity index (χ4n) is 4.68. The number of hydrogen-bond donors (Lipinski definition) is 3. The first-order chi connectivity index (χ1) is 25.6. The van der Waals surface area contributed by atoms with Gasteiger partial charge in [-0.2, -0.15) is 0 Å². The Bertz CT molecular complexity index is 1180. The first kappa shape index (κ1) is 49.9. The first-order valence-corrected chi connectivity index (χ1v) is 21.0. The summed E-state index contributed by atoms with van der Waals surface area (Å²) in [5.41, 5.74) is 5.31. The number of carboxylic acids is 1. The van der Waals surface area contributed by atoms with E-state index >= 15 is 0 Å². The van der Waals surface area contributed by atoms with E-state index < -0.39 is 51.1 Å². The van der Waals surface area contributed by atoms with Crippen LogP contribution in [0.15, 0.2) is 72.9 Å². The Hall–Kier alpha value is -3.08. The Balaban J connectivity index is 4.56. The molecule has 0 aromatic carbocycles. The Kier molecular flexibility index (Phi) is 33.8. The zero-order chi connectivity index (χ0) is 39.3. The number of phosphoric ester groups is 1. The minimum Gasteiger partial charge on any atom is -0.480 e. The summed E-state index contributed by atoms with van der Waals surface area (Å²) in [6.45, 7) is 2.56. The van der Waals surface area contributed by atoms with Crippen molar-refractivity contribution in [3.05, 3.63) is 72.9 Å². The molecule has 302 valence electrons. The summed E-state index contributed by atoms with van der Waals surface area (Å²) >= 11 is 0. The number of rotatable bonds is 35. The average molecular weight is 766 g/mol. The van der Waals surface area contributed by atoms with Crippen LogP contribution in [0.2, 0.25) is 0 Å². The van der Waals surface area contributed by atoms with Gasteiger partial charge in [-0.15, -0.1) is 0 Å². The molecule has 0 radical (unpaired) electrons. The minimum absolute atomic E-state index is 0.0337. The summed E-state index contributed by atoms with van der Waals surface area (Å²) in [4.78, 5) is 45.7. The van der Waals surface area contributed by atoms with Crippen LogP contribution in [0.5, 0.6) is 0 Å². The van der Waals surface area contributed by atoms with Gasteiger partial charge in [0.15, 0.2) is 6.10 Å². The van der Waals surface area contributed by atoms with E-state index in [9.17, 15) is 23.8 Å². The third kappa shape index (κ3) is 35.7. The number of allylic oxidation sites excluding steroid dienone is 12. The Morgan fingerprint density at radius 2 is 1.06 bits per heavy atom. The SMILES string of the molecule is CC/C=C\C/C=C\C/C=C\C/C=C\C/C=C\C/C=C\CCC(=O)OC(COC(=O)CCCCCCCCCCCC)COP(=O)(O)OCC(N)C(=O)O. The molecule has 3 unspecified atom stereocenters. The van der Waals surface area contributed by atoms with E-state index in [1.54, 1.807) is 0 Å². The zero-order valence-corrected chi connectivity index (χ0v) is 33.2. The number of nitrogens with two attached hydrogens (primary N) is 1. The molecule has 0 amide bonds. The van der Waals surface area contributed by atoms with Crippen LogP contribution in [0.3, 0.4) is 0 Å². The molecule has 4 N–H and O–H groups in total. The number of esters is 2. The van der Waals surface area contributed by atoms with Crippen molar-refractivity contribution in [1.29, 1.82) is 0 Å². The van der Waals surface area contributed by atoms with E-state index in [0.29, 0.717) is 19.3 Å². The highest BCUT2D eigenvalue weighted by atomic mass is 31.2. The Morgan fingerprint density at radius 3 is 1.55 bits per heavy atom. The smallest absolute Gasteiger partial charge is 0.472 e. The second-order valence-electron chi connectivity index (χ2n) is 12.7. The second-order valence-corrected chi connectivity index (χ2v) is 14.1. The molecule has 0 aromatic heterocycles. The van der Waals surface area contributed by atoms with Crippen LogP contribution in [0.25, 0.3) is 0 Å². The molecule has 0 rings (SSSR count). The van der Waals surface area contributed by atoms with Gasteiger partial charge < -0.3 is 25.2 Å². The molecule has 53 heavy (non-hydrogen) atoms. The highest BCUT2D eigenvalue weighted by molar-refractivity contribution is 7.47. The molecule has 0 heterocycles. The average Bonchev–Trinajstić information content (AvgIpc) is 3.13. The third-order valence-corrected chi connectivity index (χ3v) is 8.68. The van der Waals surface area contributed by atoms with Gasteiger partial charge in [-0.25, -0.2) is 4.57 Å². The quantitative estimate of drug-likeness (QED) is 0.0243. The number of carbonyl (C=O) groups excluding carboxylic acids is 2. The maximum Gasteiger partial charge on any atom is 0.472 e. The number of aliphatic carboxylic acids is 1. The van der Waals surface area contributed by atoms with Crippen molar-refractivity contribution in [3.63, 3.8) is 0 Å². The number of ether oxygens (including phenoxy) is 2. The maximum atomic E-state index is 12.5. The first-order valence-electron chi connectivity index (χ1n) is 19.5. The topological polar surface area (TPSA) is 172 Å². The summed E-state index contributed by atoms with van der Waals surface area (Å²) in [5, 5.41) is 8.86. The number of hydrogen-bond acceptors (Lipinski definition) is 9. The standard InChI is InChI=1S/C41H68NO10P/c1-3-5-7-9-11-13-15-16-17-18-19-20-21-22-23-25-27-29-31-33-40(44)52-37(35-50-53(47,48)51-36-38(42)41(45)46)34-49-39(43)32-30-28-26-24-14-12-10-8-6-4-2/h5,7,11,13,16-17,19-20,22-23,27,29,37-38H,3-4,6,8-10,12,14-15,18,21,24-26,28,30-36,42H2,1-2H3,(H,45,46)(H,47,48)/b7-5-,13-11-,17-16-,20-19-,23-22-,29-27-. The summed E-state index contributed by atoms with van der Waals surface area (Å²) < 4.78 is 32.4. The predicted octanol–water partition coefficient (Wildman–Crippen LogP) is 9.78. The van der Waals surface area contributed by atoms with E-state index in [2.05, 4.69) is 73.1 Å². The molecule has 0 aliphatic heterocycles. The van der Waals surface area contributed by atoms with Crippen LogP contribution in [-0.2, 0) is 37.5 Å². The fraction of sp³-hybridized carbons (Fsp3) is 0.634. The van der Waals surface area contributed by atoms with Crippen LogP contribution < -0.4 is 5.73 Å². The van der Waals surface area contributed by atoms with Crippen molar-refractivity contribution < 1.29 is 47.5 Å². The van der Waals surface area contributed by atoms with Crippen LogP contribution >= 0.6 is 7.82 Å². The molecule has 3 atom stereocenters. The monoisotopic (exact) mass is 765 g/mol. The highest BCUT2D eigenvalue weighted by Gasteiger charge is 2.28. The molecule has 0 bridgehead atoms. The maximum absolute atomic E-state index is 12.5. The molecule has 11 nitrogen and oxygen atoms in total. The normalized spacial score (nSPS) is 14.6. The largest absolute Gasteiger partial charge is 0.480 e. The highest BCUT2D eigenvalue weighted by Crippen LogP contribution is 2.43. The third-order valence-electron chi connectivity index (χ3n) is 7.73. The van der Waals surface area contributed by atoms with Crippen molar-refractivity contribution in [2.45, 2.75) is 148 Å². The molecular formula is C41H68NO10P. The van der Waals surface area contributed by atoms with E-state index in [1.165, 1.54) is 38.5 Å². The van der Waals surface area contributed by atoms with Gasteiger partial charge in [0.1, 0.15) is 12.6 Å².